The molecule has 2 atom stereocenters. The highest BCUT2D eigenvalue weighted by molar-refractivity contribution is 5.70. The van der Waals surface area contributed by atoms with Crippen LogP contribution in [-0.4, -0.2) is 24.2 Å². The van der Waals surface area contributed by atoms with E-state index in [9.17, 15) is 4.79 Å². The highest BCUT2D eigenvalue weighted by Gasteiger charge is 2.35. The maximum atomic E-state index is 12.1. The summed E-state index contributed by atoms with van der Waals surface area (Å²) >= 11 is 0. The third kappa shape index (κ3) is 3.55. The third-order valence-electron chi connectivity index (χ3n) is 5.61. The normalized spacial score (nSPS) is 36.8. The molecular weight excluding hydrogens is 250 g/mol. The van der Waals surface area contributed by atoms with Crippen LogP contribution >= 0.6 is 0 Å². The highest BCUT2D eigenvalue weighted by atomic mass is 16.5. The summed E-state index contributed by atoms with van der Waals surface area (Å²) in [6.45, 7) is 4.63. The van der Waals surface area contributed by atoms with E-state index in [4.69, 9.17) is 4.74 Å². The lowest BCUT2D eigenvalue weighted by Gasteiger charge is -2.34. The molecule has 0 spiro atoms. The molecule has 0 aromatic heterocycles. The van der Waals surface area contributed by atoms with Crippen LogP contribution in [0.1, 0.15) is 71.6 Å². The minimum atomic E-state index is 0.0565. The Labute approximate surface area is 122 Å². The van der Waals surface area contributed by atoms with Crippen molar-refractivity contribution in [3.63, 3.8) is 0 Å². The molecule has 2 bridgehead atoms. The first-order valence-corrected chi connectivity index (χ1v) is 8.46. The Balaban J connectivity index is 1.41. The second kappa shape index (κ2) is 5.67. The summed E-state index contributed by atoms with van der Waals surface area (Å²) in [7, 11) is 0. The molecule has 0 aromatic rings. The summed E-state index contributed by atoms with van der Waals surface area (Å²) in [5, 5.41) is 3.63. The van der Waals surface area contributed by atoms with Crippen molar-refractivity contribution in [2.45, 2.75) is 89.8 Å². The van der Waals surface area contributed by atoms with Crippen LogP contribution in [0.3, 0.4) is 0 Å². The standard InChI is InChI=1S/C17H29NO2/c1-17(2)7-5-15(6-8-17)20-16(19)11-12-9-13-3-4-14(10-12)18-13/h12-15,18H,3-11H2,1-2H3. The van der Waals surface area contributed by atoms with Gasteiger partial charge >= 0.3 is 5.97 Å². The Bertz CT molecular complexity index is 344. The number of carbonyl (C=O) groups is 1. The number of hydrogen-bond acceptors (Lipinski definition) is 3. The van der Waals surface area contributed by atoms with E-state index in [1.807, 2.05) is 0 Å². The van der Waals surface area contributed by atoms with Crippen LogP contribution in [0.15, 0.2) is 0 Å². The third-order valence-corrected chi connectivity index (χ3v) is 5.61. The summed E-state index contributed by atoms with van der Waals surface area (Å²) in [5.41, 5.74) is 0.442. The molecule has 1 N–H and O–H groups in total. The van der Waals surface area contributed by atoms with Gasteiger partial charge in [-0.15, -0.1) is 0 Å². The molecule has 0 radical (unpaired) electrons. The van der Waals surface area contributed by atoms with E-state index in [2.05, 4.69) is 19.2 Å². The van der Waals surface area contributed by atoms with E-state index < -0.39 is 0 Å². The summed E-state index contributed by atoms with van der Waals surface area (Å²) in [6, 6.07) is 1.34. The van der Waals surface area contributed by atoms with Crippen molar-refractivity contribution in [1.82, 2.24) is 5.32 Å². The number of rotatable bonds is 3. The average Bonchev–Trinajstić information content (AvgIpc) is 2.71. The number of esters is 1. The van der Waals surface area contributed by atoms with E-state index in [1.54, 1.807) is 0 Å². The van der Waals surface area contributed by atoms with E-state index >= 15 is 0 Å². The Morgan fingerprint density at radius 2 is 1.70 bits per heavy atom. The van der Waals surface area contributed by atoms with Crippen molar-refractivity contribution in [1.29, 1.82) is 0 Å². The van der Waals surface area contributed by atoms with Gasteiger partial charge in [0.1, 0.15) is 6.10 Å². The van der Waals surface area contributed by atoms with Crippen molar-refractivity contribution < 1.29 is 9.53 Å². The van der Waals surface area contributed by atoms with Crippen molar-refractivity contribution >= 4 is 5.97 Å². The number of piperidine rings is 1. The van der Waals surface area contributed by atoms with Gasteiger partial charge in [-0.2, -0.15) is 0 Å². The smallest absolute Gasteiger partial charge is 0.306 e. The molecule has 0 aromatic carbocycles. The molecular formula is C17H29NO2. The molecule has 3 rings (SSSR count). The van der Waals surface area contributed by atoms with Crippen molar-refractivity contribution in [3.8, 4) is 0 Å². The predicted octanol–water partition coefficient (Wildman–Crippen LogP) is 3.42. The second-order valence-electron chi connectivity index (χ2n) is 8.03. The van der Waals surface area contributed by atoms with E-state index in [-0.39, 0.29) is 12.1 Å². The lowest BCUT2D eigenvalue weighted by molar-refractivity contribution is -0.153. The lowest BCUT2D eigenvalue weighted by atomic mass is 9.76. The van der Waals surface area contributed by atoms with Gasteiger partial charge in [-0.1, -0.05) is 13.8 Å². The average molecular weight is 279 g/mol. The predicted molar refractivity (Wildman–Crippen MR) is 79.4 cm³/mol. The number of carbonyl (C=O) groups excluding carboxylic acids is 1. The maximum absolute atomic E-state index is 12.1. The van der Waals surface area contributed by atoms with Crippen LogP contribution in [-0.2, 0) is 9.53 Å². The van der Waals surface area contributed by atoms with E-state index in [1.165, 1.54) is 38.5 Å². The highest BCUT2D eigenvalue weighted by Crippen LogP contribution is 2.37. The van der Waals surface area contributed by atoms with Gasteiger partial charge in [0.15, 0.2) is 0 Å². The van der Waals surface area contributed by atoms with E-state index in [0.29, 0.717) is 29.8 Å². The summed E-state index contributed by atoms with van der Waals surface area (Å²) in [5.74, 6) is 0.613. The van der Waals surface area contributed by atoms with Crippen LogP contribution < -0.4 is 5.32 Å². The number of nitrogens with one attached hydrogen (secondary N) is 1. The lowest BCUT2D eigenvalue weighted by Crippen LogP contribution is -2.39. The fourth-order valence-corrected chi connectivity index (χ4v) is 4.30. The van der Waals surface area contributed by atoms with Gasteiger partial charge in [-0.25, -0.2) is 0 Å². The summed E-state index contributed by atoms with van der Waals surface area (Å²) in [6.07, 6.45) is 10.2. The van der Waals surface area contributed by atoms with Gasteiger partial charge in [-0.05, 0) is 62.7 Å². The van der Waals surface area contributed by atoms with Crippen molar-refractivity contribution in [2.24, 2.45) is 11.3 Å². The van der Waals surface area contributed by atoms with Crippen LogP contribution in [0.25, 0.3) is 0 Å². The van der Waals surface area contributed by atoms with Crippen LogP contribution in [0.4, 0.5) is 0 Å². The topological polar surface area (TPSA) is 38.3 Å². The van der Waals surface area contributed by atoms with Crippen LogP contribution in [0, 0.1) is 11.3 Å². The van der Waals surface area contributed by atoms with E-state index in [0.717, 1.165) is 12.8 Å². The number of hydrogen-bond donors (Lipinski definition) is 1. The maximum Gasteiger partial charge on any atom is 0.306 e. The quantitative estimate of drug-likeness (QED) is 0.804. The molecule has 114 valence electrons. The minimum Gasteiger partial charge on any atom is -0.462 e. The minimum absolute atomic E-state index is 0.0565. The molecule has 3 fully saturated rings. The van der Waals surface area contributed by atoms with Gasteiger partial charge in [0.05, 0.1) is 0 Å². The van der Waals surface area contributed by atoms with Gasteiger partial charge in [0.2, 0.25) is 0 Å². The van der Waals surface area contributed by atoms with Crippen molar-refractivity contribution in [2.75, 3.05) is 0 Å². The van der Waals surface area contributed by atoms with Crippen LogP contribution in [0.5, 0.6) is 0 Å². The van der Waals surface area contributed by atoms with Crippen molar-refractivity contribution in [3.05, 3.63) is 0 Å². The SMILES string of the molecule is CC1(C)CCC(OC(=O)CC2CC3CCC(C2)N3)CC1. The first kappa shape index (κ1) is 14.4. The Kier molecular flexibility index (Phi) is 4.07. The van der Waals surface area contributed by atoms with Gasteiger partial charge < -0.3 is 10.1 Å². The molecule has 3 aliphatic rings. The molecule has 1 saturated carbocycles. The fourth-order valence-electron chi connectivity index (χ4n) is 4.30. The van der Waals surface area contributed by atoms with Crippen LogP contribution in [0.2, 0.25) is 0 Å². The first-order chi connectivity index (χ1) is 9.50. The fraction of sp³-hybridized carbons (Fsp3) is 0.941. The Hall–Kier alpha value is -0.570. The summed E-state index contributed by atoms with van der Waals surface area (Å²) in [4.78, 5) is 12.1. The van der Waals surface area contributed by atoms with Gasteiger partial charge in [-0.3, -0.25) is 4.79 Å². The molecule has 2 aliphatic heterocycles. The summed E-state index contributed by atoms with van der Waals surface area (Å²) < 4.78 is 5.72. The van der Waals surface area contributed by atoms with Gasteiger partial charge in [0.25, 0.3) is 0 Å². The molecule has 2 heterocycles. The zero-order chi connectivity index (χ0) is 14.2. The molecule has 2 saturated heterocycles. The molecule has 2 unspecified atom stereocenters. The Morgan fingerprint density at radius 1 is 1.10 bits per heavy atom. The molecule has 20 heavy (non-hydrogen) atoms. The monoisotopic (exact) mass is 279 g/mol. The molecule has 0 amide bonds. The van der Waals surface area contributed by atoms with Gasteiger partial charge in [0, 0.05) is 18.5 Å². The largest absolute Gasteiger partial charge is 0.462 e. The molecule has 1 aliphatic carbocycles. The zero-order valence-electron chi connectivity index (χ0n) is 13.0. The first-order valence-electron chi connectivity index (χ1n) is 8.46. The molecule has 3 nitrogen and oxygen atoms in total. The Morgan fingerprint density at radius 3 is 2.30 bits per heavy atom. The number of fused-ring (bicyclic) bond motifs is 2. The number of ether oxygens (including phenoxy) is 1. The second-order valence-corrected chi connectivity index (χ2v) is 8.03. The molecule has 3 heteroatoms. The zero-order valence-corrected chi connectivity index (χ0v) is 13.0.